The Bertz CT molecular complexity index is 622. The second kappa shape index (κ2) is 5.87. The minimum atomic E-state index is -1.01. The summed E-state index contributed by atoms with van der Waals surface area (Å²) in [5.74, 6) is -1.01. The highest BCUT2D eigenvalue weighted by atomic mass is 35.5. The van der Waals surface area contributed by atoms with E-state index in [1.165, 1.54) is 6.07 Å². The van der Waals surface area contributed by atoms with Gasteiger partial charge < -0.3 is 9.67 Å². The number of aromatic carboxylic acids is 1. The van der Waals surface area contributed by atoms with Crippen LogP contribution >= 0.6 is 34.8 Å². The highest BCUT2D eigenvalue weighted by Gasteiger charge is 2.12. The first-order valence-electron chi connectivity index (χ1n) is 5.50. The van der Waals surface area contributed by atoms with Crippen molar-refractivity contribution in [3.05, 3.63) is 56.8 Å². The maximum absolute atomic E-state index is 11.0. The van der Waals surface area contributed by atoms with Crippen molar-refractivity contribution in [3.63, 3.8) is 0 Å². The maximum atomic E-state index is 11.0. The lowest BCUT2D eigenvalue weighted by atomic mass is 10.1. The van der Waals surface area contributed by atoms with Gasteiger partial charge in [0.15, 0.2) is 0 Å². The third-order valence-corrected chi connectivity index (χ3v) is 3.51. The van der Waals surface area contributed by atoms with E-state index < -0.39 is 5.97 Å². The van der Waals surface area contributed by atoms with Crippen LogP contribution in [0.4, 0.5) is 0 Å². The molecule has 1 aromatic heterocycles. The fourth-order valence-corrected chi connectivity index (χ4v) is 2.53. The SMILES string of the molecule is O=C(O)c1cc(Cl)cn1CCc1ccc(Cl)cc1Cl. The van der Waals surface area contributed by atoms with Gasteiger partial charge in [0.2, 0.25) is 0 Å². The summed E-state index contributed by atoms with van der Waals surface area (Å²) in [5, 5.41) is 10.6. The minimum Gasteiger partial charge on any atom is -0.477 e. The van der Waals surface area contributed by atoms with Gasteiger partial charge in [-0.1, -0.05) is 40.9 Å². The van der Waals surface area contributed by atoms with Gasteiger partial charge >= 0.3 is 5.97 Å². The van der Waals surface area contributed by atoms with E-state index in [1.807, 2.05) is 6.07 Å². The molecule has 0 radical (unpaired) electrons. The monoisotopic (exact) mass is 317 g/mol. The number of nitrogens with zero attached hydrogens (tertiary/aromatic N) is 1. The Morgan fingerprint density at radius 3 is 2.53 bits per heavy atom. The Kier molecular flexibility index (Phi) is 4.40. The lowest BCUT2D eigenvalue weighted by Crippen LogP contribution is -2.09. The van der Waals surface area contributed by atoms with Crippen molar-refractivity contribution in [2.45, 2.75) is 13.0 Å². The Morgan fingerprint density at radius 1 is 1.16 bits per heavy atom. The number of hydrogen-bond acceptors (Lipinski definition) is 1. The van der Waals surface area contributed by atoms with Crippen LogP contribution in [0.15, 0.2) is 30.5 Å². The summed E-state index contributed by atoms with van der Waals surface area (Å²) in [6.07, 6.45) is 2.19. The third kappa shape index (κ3) is 3.44. The fraction of sp³-hybridized carbons (Fsp3) is 0.154. The normalized spacial score (nSPS) is 10.7. The number of benzene rings is 1. The molecule has 0 aliphatic carbocycles. The van der Waals surface area contributed by atoms with E-state index in [-0.39, 0.29) is 5.69 Å². The van der Waals surface area contributed by atoms with E-state index >= 15 is 0 Å². The summed E-state index contributed by atoms with van der Waals surface area (Å²) in [6, 6.07) is 6.67. The van der Waals surface area contributed by atoms with Gasteiger partial charge in [0.1, 0.15) is 5.69 Å². The molecule has 0 spiro atoms. The number of rotatable bonds is 4. The van der Waals surface area contributed by atoms with Crippen LogP contribution in [-0.4, -0.2) is 15.6 Å². The summed E-state index contributed by atoms with van der Waals surface area (Å²) in [6.45, 7) is 0.482. The van der Waals surface area contributed by atoms with Crippen molar-refractivity contribution in [1.29, 1.82) is 0 Å². The number of carboxylic acid groups (broad SMARTS) is 1. The molecule has 0 saturated carbocycles. The third-order valence-electron chi connectivity index (χ3n) is 2.72. The molecule has 1 aromatic carbocycles. The molecule has 0 fully saturated rings. The Morgan fingerprint density at radius 2 is 1.89 bits per heavy atom. The number of carbonyl (C=O) groups is 1. The molecule has 1 N–H and O–H groups in total. The van der Waals surface area contributed by atoms with Crippen LogP contribution in [0.25, 0.3) is 0 Å². The smallest absolute Gasteiger partial charge is 0.352 e. The molecule has 0 bridgehead atoms. The van der Waals surface area contributed by atoms with Crippen LogP contribution < -0.4 is 0 Å². The molecule has 0 unspecified atom stereocenters. The van der Waals surface area contributed by atoms with Crippen LogP contribution in [0.2, 0.25) is 15.1 Å². The molecule has 3 nitrogen and oxygen atoms in total. The molecule has 0 saturated heterocycles. The van der Waals surface area contributed by atoms with Crippen molar-refractivity contribution in [2.75, 3.05) is 0 Å². The molecule has 2 aromatic rings. The number of aromatic nitrogens is 1. The first kappa shape index (κ1) is 14.3. The highest BCUT2D eigenvalue weighted by molar-refractivity contribution is 6.35. The summed E-state index contributed by atoms with van der Waals surface area (Å²) in [4.78, 5) is 11.0. The van der Waals surface area contributed by atoms with Crippen LogP contribution in [0, 0.1) is 0 Å². The highest BCUT2D eigenvalue weighted by Crippen LogP contribution is 2.22. The van der Waals surface area contributed by atoms with Crippen molar-refractivity contribution in [2.24, 2.45) is 0 Å². The molecule has 2 rings (SSSR count). The van der Waals surface area contributed by atoms with E-state index in [0.29, 0.717) is 28.0 Å². The Hall–Kier alpha value is -1.16. The zero-order valence-corrected chi connectivity index (χ0v) is 12.0. The second-order valence-electron chi connectivity index (χ2n) is 4.03. The molecule has 19 heavy (non-hydrogen) atoms. The van der Waals surface area contributed by atoms with Gasteiger partial charge in [-0.05, 0) is 30.2 Å². The molecule has 0 amide bonds. The van der Waals surface area contributed by atoms with Crippen molar-refractivity contribution < 1.29 is 9.90 Å². The zero-order chi connectivity index (χ0) is 14.0. The molecule has 1 heterocycles. The molecular formula is C13H10Cl3NO2. The van der Waals surface area contributed by atoms with Gasteiger partial charge in [0, 0.05) is 22.8 Å². The minimum absolute atomic E-state index is 0.162. The lowest BCUT2D eigenvalue weighted by Gasteiger charge is -2.08. The quantitative estimate of drug-likeness (QED) is 0.908. The fourth-order valence-electron chi connectivity index (χ4n) is 1.80. The molecule has 0 aliphatic heterocycles. The number of carboxylic acids is 1. The van der Waals surface area contributed by atoms with Crippen LogP contribution in [0.5, 0.6) is 0 Å². The van der Waals surface area contributed by atoms with Gasteiger partial charge in [0.25, 0.3) is 0 Å². The topological polar surface area (TPSA) is 42.2 Å². The van der Waals surface area contributed by atoms with Gasteiger partial charge in [-0.3, -0.25) is 0 Å². The number of halogens is 3. The van der Waals surface area contributed by atoms with Gasteiger partial charge in [-0.25, -0.2) is 4.79 Å². The average molecular weight is 319 g/mol. The maximum Gasteiger partial charge on any atom is 0.352 e. The van der Waals surface area contributed by atoms with Gasteiger partial charge in [-0.15, -0.1) is 0 Å². The van der Waals surface area contributed by atoms with E-state index in [2.05, 4.69) is 0 Å². The van der Waals surface area contributed by atoms with E-state index in [0.717, 1.165) is 5.56 Å². The van der Waals surface area contributed by atoms with Crippen molar-refractivity contribution in [1.82, 2.24) is 4.57 Å². The van der Waals surface area contributed by atoms with Gasteiger partial charge in [0.05, 0.1) is 5.02 Å². The average Bonchev–Trinajstić information content (AvgIpc) is 2.69. The van der Waals surface area contributed by atoms with E-state index in [4.69, 9.17) is 39.9 Å². The zero-order valence-electron chi connectivity index (χ0n) is 9.74. The Labute approximate surface area is 125 Å². The first-order chi connectivity index (χ1) is 8.97. The number of hydrogen-bond donors (Lipinski definition) is 1. The molecule has 0 aliphatic rings. The number of aryl methyl sites for hydroxylation is 2. The van der Waals surface area contributed by atoms with E-state index in [1.54, 1.807) is 22.9 Å². The molecular weight excluding hydrogens is 309 g/mol. The molecule has 6 heteroatoms. The Balaban J connectivity index is 2.16. The predicted octanol–water partition coefficient (Wildman–Crippen LogP) is 4.39. The van der Waals surface area contributed by atoms with Crippen molar-refractivity contribution in [3.8, 4) is 0 Å². The van der Waals surface area contributed by atoms with Crippen LogP contribution in [0.1, 0.15) is 16.1 Å². The van der Waals surface area contributed by atoms with E-state index in [9.17, 15) is 4.79 Å². The summed E-state index contributed by atoms with van der Waals surface area (Å²) < 4.78 is 1.59. The standard InChI is InChI=1S/C13H10Cl3NO2/c14-9-2-1-8(11(16)5-9)3-4-17-7-10(15)6-12(17)13(18)19/h1-2,5-7H,3-4H2,(H,18,19). The lowest BCUT2D eigenvalue weighted by molar-refractivity contribution is 0.0685. The van der Waals surface area contributed by atoms with Crippen LogP contribution in [-0.2, 0) is 13.0 Å². The largest absolute Gasteiger partial charge is 0.477 e. The van der Waals surface area contributed by atoms with Crippen LogP contribution in [0.3, 0.4) is 0 Å². The first-order valence-corrected chi connectivity index (χ1v) is 6.63. The summed E-state index contributed by atoms with van der Waals surface area (Å²) in [5.41, 5.74) is 1.07. The second-order valence-corrected chi connectivity index (χ2v) is 5.31. The molecule has 100 valence electrons. The molecule has 0 atom stereocenters. The van der Waals surface area contributed by atoms with Crippen molar-refractivity contribution >= 4 is 40.8 Å². The van der Waals surface area contributed by atoms with Gasteiger partial charge in [-0.2, -0.15) is 0 Å². The summed E-state index contributed by atoms with van der Waals surface area (Å²) in [7, 11) is 0. The summed E-state index contributed by atoms with van der Waals surface area (Å²) >= 11 is 17.7. The predicted molar refractivity (Wildman–Crippen MR) is 76.6 cm³/mol.